The molecule has 108 valence electrons. The molecule has 8 nitrogen and oxygen atoms in total. The number of hydrogen-bond donors (Lipinski definition) is 2. The SMILES string of the molecule is Cc1oc(C(=O)NN)cc1CN1CCN(C)C(=O)C1=O. The van der Waals surface area contributed by atoms with Crippen molar-refractivity contribution in [1.82, 2.24) is 15.2 Å². The Bertz CT molecular complexity index is 566. The summed E-state index contributed by atoms with van der Waals surface area (Å²) in [5, 5.41) is 0. The van der Waals surface area contributed by atoms with Crippen LogP contribution in [0.2, 0.25) is 0 Å². The zero-order chi connectivity index (χ0) is 14.9. The summed E-state index contributed by atoms with van der Waals surface area (Å²) in [5.74, 6) is 4.00. The fourth-order valence-electron chi connectivity index (χ4n) is 1.99. The fraction of sp³-hybridized carbons (Fsp3) is 0.417. The van der Waals surface area contributed by atoms with E-state index in [-0.39, 0.29) is 12.3 Å². The summed E-state index contributed by atoms with van der Waals surface area (Å²) in [4.78, 5) is 37.6. The number of carbonyl (C=O) groups excluding carboxylic acids is 3. The molecule has 1 aromatic rings. The number of nitrogens with one attached hydrogen (secondary N) is 1. The summed E-state index contributed by atoms with van der Waals surface area (Å²) in [6.07, 6.45) is 0. The molecule has 0 unspecified atom stereocenters. The Kier molecular flexibility index (Phi) is 3.75. The zero-order valence-electron chi connectivity index (χ0n) is 11.3. The highest BCUT2D eigenvalue weighted by atomic mass is 16.4. The second-order valence-electron chi connectivity index (χ2n) is 4.62. The number of nitrogens with zero attached hydrogens (tertiary/aromatic N) is 2. The number of carbonyl (C=O) groups is 3. The molecule has 0 spiro atoms. The van der Waals surface area contributed by atoms with E-state index in [0.717, 1.165) is 0 Å². The quantitative estimate of drug-likeness (QED) is 0.319. The predicted octanol–water partition coefficient (Wildman–Crippen LogP) is -1.01. The van der Waals surface area contributed by atoms with E-state index in [2.05, 4.69) is 0 Å². The lowest BCUT2D eigenvalue weighted by Gasteiger charge is -2.31. The van der Waals surface area contributed by atoms with Gasteiger partial charge in [0.05, 0.1) is 0 Å². The van der Waals surface area contributed by atoms with Gasteiger partial charge in [0.15, 0.2) is 5.76 Å². The fourth-order valence-corrected chi connectivity index (χ4v) is 1.99. The second-order valence-corrected chi connectivity index (χ2v) is 4.62. The molecule has 0 saturated carbocycles. The van der Waals surface area contributed by atoms with E-state index in [4.69, 9.17) is 10.3 Å². The molecular weight excluding hydrogens is 264 g/mol. The van der Waals surface area contributed by atoms with Crippen LogP contribution in [0.4, 0.5) is 0 Å². The van der Waals surface area contributed by atoms with Crippen molar-refractivity contribution in [3.05, 3.63) is 23.2 Å². The molecule has 1 fully saturated rings. The van der Waals surface area contributed by atoms with Crippen molar-refractivity contribution in [2.45, 2.75) is 13.5 Å². The summed E-state index contributed by atoms with van der Waals surface area (Å²) in [5.41, 5.74) is 2.65. The Morgan fingerprint density at radius 2 is 2.10 bits per heavy atom. The van der Waals surface area contributed by atoms with Crippen molar-refractivity contribution in [2.24, 2.45) is 5.84 Å². The molecule has 1 aromatic heterocycles. The lowest BCUT2D eigenvalue weighted by molar-refractivity contribution is -0.155. The summed E-state index contributed by atoms with van der Waals surface area (Å²) in [6, 6.07) is 1.52. The molecule has 3 amide bonds. The Morgan fingerprint density at radius 1 is 1.40 bits per heavy atom. The maximum absolute atomic E-state index is 11.9. The van der Waals surface area contributed by atoms with Gasteiger partial charge in [-0.15, -0.1) is 0 Å². The van der Waals surface area contributed by atoms with Crippen molar-refractivity contribution in [2.75, 3.05) is 20.1 Å². The molecule has 2 heterocycles. The molecule has 0 aliphatic carbocycles. The first-order valence-electron chi connectivity index (χ1n) is 6.08. The molecule has 8 heteroatoms. The van der Waals surface area contributed by atoms with Crippen LogP contribution in [0.3, 0.4) is 0 Å². The topological polar surface area (TPSA) is 109 Å². The van der Waals surface area contributed by atoms with Crippen LogP contribution in [0, 0.1) is 6.92 Å². The van der Waals surface area contributed by atoms with Crippen LogP contribution in [0.5, 0.6) is 0 Å². The van der Waals surface area contributed by atoms with Gasteiger partial charge in [0.2, 0.25) is 0 Å². The van der Waals surface area contributed by atoms with Crippen LogP contribution >= 0.6 is 0 Å². The first-order valence-corrected chi connectivity index (χ1v) is 6.08. The number of furan rings is 1. The van der Waals surface area contributed by atoms with Gasteiger partial charge in [-0.1, -0.05) is 0 Å². The standard InChI is InChI=1S/C12H16N4O4/c1-7-8(5-9(20-7)10(17)14-13)6-16-4-3-15(2)11(18)12(16)19/h5H,3-4,6,13H2,1-2H3,(H,14,17). The van der Waals surface area contributed by atoms with E-state index in [1.165, 1.54) is 15.9 Å². The number of hydrazine groups is 1. The largest absolute Gasteiger partial charge is 0.456 e. The van der Waals surface area contributed by atoms with Crippen molar-refractivity contribution >= 4 is 17.7 Å². The average Bonchev–Trinajstić information content (AvgIpc) is 2.80. The number of piperazine rings is 1. The van der Waals surface area contributed by atoms with Gasteiger partial charge in [-0.05, 0) is 13.0 Å². The van der Waals surface area contributed by atoms with Gasteiger partial charge in [-0.2, -0.15) is 0 Å². The Morgan fingerprint density at radius 3 is 2.75 bits per heavy atom. The van der Waals surface area contributed by atoms with Crippen molar-refractivity contribution < 1.29 is 18.8 Å². The van der Waals surface area contributed by atoms with E-state index in [0.29, 0.717) is 24.4 Å². The van der Waals surface area contributed by atoms with Gasteiger partial charge >= 0.3 is 17.7 Å². The molecule has 0 aromatic carbocycles. The number of nitrogens with two attached hydrogens (primary N) is 1. The van der Waals surface area contributed by atoms with Crippen molar-refractivity contribution in [1.29, 1.82) is 0 Å². The lowest BCUT2D eigenvalue weighted by Crippen LogP contribution is -2.52. The first kappa shape index (κ1) is 14.1. The monoisotopic (exact) mass is 280 g/mol. The van der Waals surface area contributed by atoms with Crippen LogP contribution in [-0.4, -0.2) is 47.7 Å². The van der Waals surface area contributed by atoms with E-state index in [9.17, 15) is 14.4 Å². The maximum atomic E-state index is 11.9. The zero-order valence-corrected chi connectivity index (χ0v) is 11.3. The van der Waals surface area contributed by atoms with E-state index < -0.39 is 17.7 Å². The second kappa shape index (κ2) is 5.33. The number of aryl methyl sites for hydroxylation is 1. The van der Waals surface area contributed by atoms with Crippen LogP contribution in [0.15, 0.2) is 10.5 Å². The first-order chi connectivity index (χ1) is 9.43. The van der Waals surface area contributed by atoms with Crippen LogP contribution in [0.1, 0.15) is 21.9 Å². The minimum atomic E-state index is -0.552. The number of amides is 3. The van der Waals surface area contributed by atoms with Gasteiger partial charge in [0.1, 0.15) is 5.76 Å². The molecule has 3 N–H and O–H groups in total. The van der Waals surface area contributed by atoms with Gasteiger partial charge in [-0.25, -0.2) is 5.84 Å². The Labute approximate surface area is 115 Å². The van der Waals surface area contributed by atoms with Crippen molar-refractivity contribution in [3.8, 4) is 0 Å². The van der Waals surface area contributed by atoms with E-state index in [1.807, 2.05) is 5.43 Å². The van der Waals surface area contributed by atoms with Gasteiger partial charge in [0.25, 0.3) is 0 Å². The normalized spacial score (nSPS) is 15.8. The van der Waals surface area contributed by atoms with Gasteiger partial charge in [-0.3, -0.25) is 19.8 Å². The predicted molar refractivity (Wildman–Crippen MR) is 68.2 cm³/mol. The number of hydrogen-bond acceptors (Lipinski definition) is 5. The third-order valence-corrected chi connectivity index (χ3v) is 3.26. The van der Waals surface area contributed by atoms with Crippen LogP contribution < -0.4 is 11.3 Å². The number of rotatable bonds is 3. The highest BCUT2D eigenvalue weighted by Crippen LogP contribution is 2.18. The summed E-state index contributed by atoms with van der Waals surface area (Å²) < 4.78 is 5.27. The Hall–Kier alpha value is -2.35. The van der Waals surface area contributed by atoms with Crippen molar-refractivity contribution in [3.63, 3.8) is 0 Å². The van der Waals surface area contributed by atoms with Gasteiger partial charge in [0, 0.05) is 32.2 Å². The smallest absolute Gasteiger partial charge is 0.312 e. The third kappa shape index (κ3) is 2.50. The molecule has 1 saturated heterocycles. The number of likely N-dealkylation sites (N-methyl/N-ethyl adjacent to an activating group) is 1. The highest BCUT2D eigenvalue weighted by molar-refractivity contribution is 6.35. The van der Waals surface area contributed by atoms with E-state index in [1.54, 1.807) is 14.0 Å². The molecule has 2 rings (SSSR count). The minimum Gasteiger partial charge on any atom is -0.456 e. The summed E-state index contributed by atoms with van der Waals surface area (Å²) in [7, 11) is 1.59. The molecule has 0 radical (unpaired) electrons. The average molecular weight is 280 g/mol. The molecule has 0 bridgehead atoms. The molecular formula is C12H16N4O4. The van der Waals surface area contributed by atoms with Crippen LogP contribution in [-0.2, 0) is 16.1 Å². The summed E-state index contributed by atoms with van der Waals surface area (Å²) >= 11 is 0. The summed E-state index contributed by atoms with van der Waals surface area (Å²) in [6.45, 7) is 2.85. The number of nitrogen functional groups attached to an aromatic ring is 1. The van der Waals surface area contributed by atoms with Gasteiger partial charge < -0.3 is 14.2 Å². The molecule has 1 aliphatic heterocycles. The van der Waals surface area contributed by atoms with Crippen LogP contribution in [0.25, 0.3) is 0 Å². The third-order valence-electron chi connectivity index (χ3n) is 3.26. The van der Waals surface area contributed by atoms with E-state index >= 15 is 0 Å². The maximum Gasteiger partial charge on any atom is 0.312 e. The lowest BCUT2D eigenvalue weighted by atomic mass is 10.2. The Balaban J connectivity index is 2.14. The molecule has 1 aliphatic rings. The molecule has 20 heavy (non-hydrogen) atoms. The highest BCUT2D eigenvalue weighted by Gasteiger charge is 2.31. The minimum absolute atomic E-state index is 0.0768. The molecule has 0 atom stereocenters.